The van der Waals surface area contributed by atoms with Crippen molar-refractivity contribution in [2.24, 2.45) is 0 Å². The summed E-state index contributed by atoms with van der Waals surface area (Å²) >= 11 is 0. The van der Waals surface area contributed by atoms with Crippen molar-refractivity contribution in [3.63, 3.8) is 0 Å². The topological polar surface area (TPSA) is 114 Å². The summed E-state index contributed by atoms with van der Waals surface area (Å²) in [7, 11) is 1.43. The van der Waals surface area contributed by atoms with Gasteiger partial charge in [-0.25, -0.2) is 9.59 Å². The lowest BCUT2D eigenvalue weighted by molar-refractivity contribution is -0.132. The number of rotatable bonds is 10. The third kappa shape index (κ3) is 5.40. The van der Waals surface area contributed by atoms with Crippen LogP contribution in [-0.4, -0.2) is 55.5 Å². The summed E-state index contributed by atoms with van der Waals surface area (Å²) in [5.41, 5.74) is 3.08. The Hall–Kier alpha value is -3.65. The molecule has 33 heavy (non-hydrogen) atoms. The maximum absolute atomic E-state index is 12.8. The van der Waals surface area contributed by atoms with E-state index in [2.05, 4.69) is 22.8 Å². The molecule has 1 unspecified atom stereocenters. The maximum Gasteiger partial charge on any atom is 0.408 e. The number of carboxylic acid groups (broad SMARTS) is 1. The SMILES string of the molecule is CCC(COC)(NC(=O)OCC1c2ccccc2-c2ccccc21)C(=O)NC/C=C/C(=O)O. The molecule has 0 radical (unpaired) electrons. The van der Waals surface area contributed by atoms with E-state index in [-0.39, 0.29) is 32.1 Å². The smallest absolute Gasteiger partial charge is 0.408 e. The summed E-state index contributed by atoms with van der Waals surface area (Å²) < 4.78 is 10.8. The molecule has 0 aromatic heterocycles. The number of ether oxygens (including phenoxy) is 2. The van der Waals surface area contributed by atoms with E-state index < -0.39 is 23.5 Å². The van der Waals surface area contributed by atoms with Crippen molar-refractivity contribution >= 4 is 18.0 Å². The number of amides is 2. The largest absolute Gasteiger partial charge is 0.478 e. The number of methoxy groups -OCH3 is 1. The summed E-state index contributed by atoms with van der Waals surface area (Å²) in [6, 6.07) is 16.0. The van der Waals surface area contributed by atoms with Crippen molar-refractivity contribution in [1.29, 1.82) is 0 Å². The van der Waals surface area contributed by atoms with E-state index in [1.165, 1.54) is 13.2 Å². The van der Waals surface area contributed by atoms with Gasteiger partial charge in [0, 0.05) is 25.6 Å². The van der Waals surface area contributed by atoms with Crippen LogP contribution in [0.3, 0.4) is 0 Å². The maximum atomic E-state index is 12.8. The number of hydrogen-bond acceptors (Lipinski definition) is 5. The van der Waals surface area contributed by atoms with Crippen molar-refractivity contribution in [1.82, 2.24) is 10.6 Å². The molecule has 0 aliphatic heterocycles. The van der Waals surface area contributed by atoms with Crippen LogP contribution in [0.5, 0.6) is 0 Å². The Labute approximate surface area is 192 Å². The second-order valence-corrected chi connectivity index (χ2v) is 7.77. The van der Waals surface area contributed by atoms with E-state index in [9.17, 15) is 14.4 Å². The van der Waals surface area contributed by atoms with Crippen LogP contribution in [0.1, 0.15) is 30.4 Å². The van der Waals surface area contributed by atoms with Gasteiger partial charge < -0.3 is 25.2 Å². The zero-order valence-corrected chi connectivity index (χ0v) is 18.7. The van der Waals surface area contributed by atoms with Crippen LogP contribution in [0.2, 0.25) is 0 Å². The molecule has 8 nitrogen and oxygen atoms in total. The van der Waals surface area contributed by atoms with Gasteiger partial charge in [-0.1, -0.05) is 61.5 Å². The molecule has 3 N–H and O–H groups in total. The highest BCUT2D eigenvalue weighted by atomic mass is 16.5. The van der Waals surface area contributed by atoms with Gasteiger partial charge in [0.05, 0.1) is 6.61 Å². The lowest BCUT2D eigenvalue weighted by atomic mass is 9.96. The van der Waals surface area contributed by atoms with Crippen molar-refractivity contribution in [2.45, 2.75) is 24.8 Å². The van der Waals surface area contributed by atoms with Crippen LogP contribution in [0.25, 0.3) is 11.1 Å². The first-order valence-corrected chi connectivity index (χ1v) is 10.7. The van der Waals surface area contributed by atoms with Gasteiger partial charge in [-0.05, 0) is 28.7 Å². The molecule has 1 aliphatic rings. The number of carbonyl (C=O) groups excluding carboxylic acids is 2. The fourth-order valence-electron chi connectivity index (χ4n) is 4.07. The Morgan fingerprint density at radius 1 is 1.06 bits per heavy atom. The monoisotopic (exact) mass is 452 g/mol. The summed E-state index contributed by atoms with van der Waals surface area (Å²) in [6.45, 7) is 1.80. The fourth-order valence-corrected chi connectivity index (χ4v) is 4.07. The molecule has 174 valence electrons. The summed E-state index contributed by atoms with van der Waals surface area (Å²) in [6.07, 6.45) is 1.76. The number of hydrogen-bond donors (Lipinski definition) is 3. The Kier molecular flexibility index (Phi) is 7.84. The van der Waals surface area contributed by atoms with Gasteiger partial charge in [0.1, 0.15) is 12.1 Å². The van der Waals surface area contributed by atoms with Gasteiger partial charge in [-0.15, -0.1) is 0 Å². The van der Waals surface area contributed by atoms with Crippen LogP contribution in [-0.2, 0) is 19.1 Å². The van der Waals surface area contributed by atoms with E-state index >= 15 is 0 Å². The predicted octanol–water partition coefficient (Wildman–Crippen LogP) is 3.08. The Morgan fingerprint density at radius 2 is 1.67 bits per heavy atom. The van der Waals surface area contributed by atoms with Gasteiger partial charge in [-0.2, -0.15) is 0 Å². The normalized spacial score (nSPS) is 14.2. The van der Waals surface area contributed by atoms with E-state index in [4.69, 9.17) is 14.6 Å². The standard InChI is InChI=1S/C25H28N2O6/c1-3-25(16-32-2,23(30)26-14-8-13-22(28)29)27-24(31)33-15-21-19-11-6-4-9-17(19)18-10-5-7-12-20(18)21/h4-13,21H,3,14-16H2,1-2H3,(H,26,30)(H,27,31)(H,28,29)/b13-8+. The Balaban J connectivity index is 1.68. The van der Waals surface area contributed by atoms with E-state index in [0.717, 1.165) is 28.3 Å². The lowest BCUT2D eigenvalue weighted by Gasteiger charge is -2.31. The molecule has 2 aromatic rings. The predicted molar refractivity (Wildman–Crippen MR) is 123 cm³/mol. The average Bonchev–Trinajstić information content (AvgIpc) is 3.13. The molecular weight excluding hydrogens is 424 g/mol. The molecule has 0 spiro atoms. The highest BCUT2D eigenvalue weighted by Crippen LogP contribution is 2.44. The summed E-state index contributed by atoms with van der Waals surface area (Å²) in [5.74, 6) is -1.70. The molecule has 3 rings (SSSR count). The van der Waals surface area contributed by atoms with Crippen LogP contribution >= 0.6 is 0 Å². The van der Waals surface area contributed by atoms with Gasteiger partial charge in [0.2, 0.25) is 5.91 Å². The summed E-state index contributed by atoms with van der Waals surface area (Å²) in [5, 5.41) is 13.9. The molecule has 2 aromatic carbocycles. The number of benzene rings is 2. The highest BCUT2D eigenvalue weighted by molar-refractivity contribution is 5.90. The Bertz CT molecular complexity index is 1010. The van der Waals surface area contributed by atoms with Gasteiger partial charge in [0.15, 0.2) is 0 Å². The number of aliphatic carboxylic acids is 1. The minimum absolute atomic E-state index is 0.00294. The van der Waals surface area contributed by atoms with Crippen LogP contribution in [0, 0.1) is 0 Å². The first kappa shape index (κ1) is 24.0. The third-order valence-corrected chi connectivity index (χ3v) is 5.75. The van der Waals surface area contributed by atoms with Crippen molar-refractivity contribution < 1.29 is 29.0 Å². The molecular formula is C25H28N2O6. The van der Waals surface area contributed by atoms with Crippen LogP contribution in [0.15, 0.2) is 60.7 Å². The number of carboxylic acids is 1. The number of alkyl carbamates (subject to hydrolysis) is 1. The fraction of sp³-hybridized carbons (Fsp3) is 0.320. The molecule has 1 aliphatic carbocycles. The molecule has 0 heterocycles. The third-order valence-electron chi connectivity index (χ3n) is 5.75. The second-order valence-electron chi connectivity index (χ2n) is 7.77. The lowest BCUT2D eigenvalue weighted by Crippen LogP contribution is -2.61. The molecule has 2 amide bonds. The molecule has 0 saturated carbocycles. The van der Waals surface area contributed by atoms with Crippen molar-refractivity contribution in [3.8, 4) is 11.1 Å². The first-order chi connectivity index (χ1) is 15.9. The zero-order valence-electron chi connectivity index (χ0n) is 18.7. The van der Waals surface area contributed by atoms with Gasteiger partial charge in [-0.3, -0.25) is 4.79 Å². The number of fused-ring (bicyclic) bond motifs is 3. The molecule has 1 atom stereocenters. The van der Waals surface area contributed by atoms with E-state index in [1.54, 1.807) is 6.92 Å². The Morgan fingerprint density at radius 3 is 2.21 bits per heavy atom. The minimum Gasteiger partial charge on any atom is -0.478 e. The van der Waals surface area contributed by atoms with Gasteiger partial charge in [0.25, 0.3) is 0 Å². The van der Waals surface area contributed by atoms with Gasteiger partial charge >= 0.3 is 12.1 Å². The van der Waals surface area contributed by atoms with Crippen LogP contribution < -0.4 is 10.6 Å². The average molecular weight is 453 g/mol. The molecule has 8 heteroatoms. The quantitative estimate of drug-likeness (QED) is 0.478. The van der Waals surface area contributed by atoms with Crippen molar-refractivity contribution in [3.05, 3.63) is 71.8 Å². The van der Waals surface area contributed by atoms with E-state index in [1.807, 2.05) is 36.4 Å². The molecule has 0 saturated heterocycles. The van der Waals surface area contributed by atoms with E-state index in [0.29, 0.717) is 0 Å². The second kappa shape index (κ2) is 10.8. The molecule has 0 bridgehead atoms. The summed E-state index contributed by atoms with van der Waals surface area (Å²) in [4.78, 5) is 36.1. The van der Waals surface area contributed by atoms with Crippen LogP contribution in [0.4, 0.5) is 4.79 Å². The number of carbonyl (C=O) groups is 3. The van der Waals surface area contributed by atoms with Crippen molar-refractivity contribution in [2.75, 3.05) is 26.9 Å². The molecule has 0 fully saturated rings. The minimum atomic E-state index is -1.35. The zero-order chi connectivity index (χ0) is 23.8. The first-order valence-electron chi connectivity index (χ1n) is 10.7. The highest BCUT2D eigenvalue weighted by Gasteiger charge is 2.39. The number of nitrogens with one attached hydrogen (secondary N) is 2.